The molecule has 0 aliphatic rings. The van der Waals surface area contributed by atoms with E-state index in [0.717, 1.165) is 16.9 Å². The number of nitrogens with zero attached hydrogens (tertiary/aromatic N) is 4. The molecule has 6 nitrogen and oxygen atoms in total. The molecule has 1 N–H and O–H groups in total. The first kappa shape index (κ1) is 20.3. The highest BCUT2D eigenvalue weighted by Crippen LogP contribution is 2.27. The first-order valence-corrected chi connectivity index (χ1v) is 8.87. The van der Waals surface area contributed by atoms with Gasteiger partial charge in [0, 0.05) is 23.0 Å². The molecular weight excluding hydrogens is 470 g/mol. The molecule has 0 fully saturated rings. The average molecular weight is 481 g/mol. The van der Waals surface area contributed by atoms with Gasteiger partial charge in [-0.2, -0.15) is 23.4 Å². The molecule has 0 aliphatic carbocycles. The topological polar surface area (TPSA) is 64.7 Å². The van der Waals surface area contributed by atoms with Crippen LogP contribution in [0.25, 0.3) is 0 Å². The van der Waals surface area contributed by atoms with Gasteiger partial charge in [-0.05, 0) is 34.1 Å². The van der Waals surface area contributed by atoms with E-state index in [1.54, 1.807) is 6.07 Å². The second kappa shape index (κ2) is 7.92. The molecule has 3 rings (SSSR count). The minimum atomic E-state index is -4.59. The second-order valence-corrected chi connectivity index (χ2v) is 6.93. The lowest BCUT2D eigenvalue weighted by atomic mass is 10.2. The van der Waals surface area contributed by atoms with Gasteiger partial charge in [0.05, 0.1) is 11.0 Å². The van der Waals surface area contributed by atoms with Crippen molar-refractivity contribution in [3.05, 3.63) is 63.2 Å². The van der Waals surface area contributed by atoms with Gasteiger partial charge in [-0.3, -0.25) is 14.2 Å². The molecule has 0 aliphatic heterocycles. The monoisotopic (exact) mass is 479 g/mol. The summed E-state index contributed by atoms with van der Waals surface area (Å²) in [5, 5.41) is 10.1. The predicted molar refractivity (Wildman–Crippen MR) is 96.3 cm³/mol. The fourth-order valence-electron chi connectivity index (χ4n) is 2.33. The van der Waals surface area contributed by atoms with E-state index in [0.29, 0.717) is 4.47 Å². The quantitative estimate of drug-likeness (QED) is 0.553. The van der Waals surface area contributed by atoms with Crippen LogP contribution < -0.4 is 5.32 Å². The number of halogens is 6. The highest BCUT2D eigenvalue weighted by Gasteiger charge is 2.33. The van der Waals surface area contributed by atoms with E-state index in [1.807, 2.05) is 0 Å². The van der Waals surface area contributed by atoms with Gasteiger partial charge in [-0.1, -0.05) is 17.7 Å². The smallest absolute Gasteiger partial charge is 0.307 e. The molecule has 148 valence electrons. The van der Waals surface area contributed by atoms with Gasteiger partial charge in [-0.15, -0.1) is 0 Å². The number of aromatic nitrogens is 4. The van der Waals surface area contributed by atoms with Crippen molar-refractivity contribution in [1.29, 1.82) is 0 Å². The largest absolute Gasteiger partial charge is 0.435 e. The Balaban J connectivity index is 1.68. The maximum absolute atomic E-state index is 13.9. The van der Waals surface area contributed by atoms with E-state index in [4.69, 9.17) is 11.6 Å². The molecular formula is C16H11BrClF4N5O. The summed E-state index contributed by atoms with van der Waals surface area (Å²) < 4.78 is 54.2. The summed E-state index contributed by atoms with van der Waals surface area (Å²) in [7, 11) is 0. The Morgan fingerprint density at radius 3 is 2.61 bits per heavy atom. The summed E-state index contributed by atoms with van der Waals surface area (Å²) >= 11 is 9.20. The van der Waals surface area contributed by atoms with E-state index in [2.05, 4.69) is 31.4 Å². The summed E-state index contributed by atoms with van der Waals surface area (Å²) in [6, 6.07) is 5.06. The van der Waals surface area contributed by atoms with Gasteiger partial charge >= 0.3 is 6.18 Å². The zero-order valence-corrected chi connectivity index (χ0v) is 16.2. The number of hydrogen-bond acceptors (Lipinski definition) is 3. The number of benzene rings is 1. The highest BCUT2D eigenvalue weighted by atomic mass is 79.9. The van der Waals surface area contributed by atoms with Crippen LogP contribution in [0, 0.1) is 5.82 Å². The molecule has 0 unspecified atom stereocenters. The first-order valence-electron chi connectivity index (χ1n) is 7.70. The van der Waals surface area contributed by atoms with Crippen LogP contribution in [0.4, 0.5) is 23.4 Å². The van der Waals surface area contributed by atoms with Crippen molar-refractivity contribution in [1.82, 2.24) is 19.6 Å². The Labute approximate surface area is 169 Å². The van der Waals surface area contributed by atoms with Crippen LogP contribution in [-0.4, -0.2) is 25.5 Å². The molecule has 12 heteroatoms. The van der Waals surface area contributed by atoms with E-state index >= 15 is 0 Å². The standard InChI is InChI=1S/C16H11BrClF4N5O/c17-10-7-27(6-9-11(18)2-1-3-12(9)19)25-15(10)23-14(28)8-26-5-4-13(24-26)16(20,21)22/h1-5,7H,6,8H2,(H,23,25,28). The summed E-state index contributed by atoms with van der Waals surface area (Å²) in [4.78, 5) is 12.1. The molecule has 2 aromatic heterocycles. The third-order valence-corrected chi connectivity index (χ3v) is 4.53. The number of alkyl halides is 3. The van der Waals surface area contributed by atoms with Crippen LogP contribution >= 0.6 is 27.5 Å². The van der Waals surface area contributed by atoms with Crippen LogP contribution in [-0.2, 0) is 24.1 Å². The summed E-state index contributed by atoms with van der Waals surface area (Å²) in [6.07, 6.45) is -2.03. The van der Waals surface area contributed by atoms with E-state index < -0.39 is 30.1 Å². The summed E-state index contributed by atoms with van der Waals surface area (Å²) in [6.45, 7) is -0.414. The van der Waals surface area contributed by atoms with Crippen LogP contribution in [0.2, 0.25) is 5.02 Å². The van der Waals surface area contributed by atoms with Crippen molar-refractivity contribution >= 4 is 39.3 Å². The molecule has 1 amide bonds. The Bertz CT molecular complexity index is 997. The predicted octanol–water partition coefficient (Wildman–Crippen LogP) is 4.34. The lowest BCUT2D eigenvalue weighted by Gasteiger charge is -2.06. The molecule has 28 heavy (non-hydrogen) atoms. The maximum atomic E-state index is 13.9. The average Bonchev–Trinajstić information content (AvgIpc) is 3.18. The number of amides is 1. The van der Waals surface area contributed by atoms with Gasteiger partial charge in [0.2, 0.25) is 5.91 Å². The Morgan fingerprint density at radius 1 is 1.21 bits per heavy atom. The summed E-state index contributed by atoms with van der Waals surface area (Å²) in [5.74, 6) is -1.00. The van der Waals surface area contributed by atoms with Crippen LogP contribution in [0.5, 0.6) is 0 Å². The van der Waals surface area contributed by atoms with Crippen LogP contribution in [0.3, 0.4) is 0 Å². The van der Waals surface area contributed by atoms with Gasteiger partial charge in [0.25, 0.3) is 0 Å². The normalized spacial score (nSPS) is 11.6. The number of carbonyl (C=O) groups is 1. The number of carbonyl (C=O) groups excluding carboxylic acids is 1. The fraction of sp³-hybridized carbons (Fsp3) is 0.188. The van der Waals surface area contributed by atoms with E-state index in [9.17, 15) is 22.4 Å². The number of hydrogen-bond donors (Lipinski definition) is 1. The zero-order valence-electron chi connectivity index (χ0n) is 13.8. The first-order chi connectivity index (χ1) is 13.1. The minimum absolute atomic E-state index is 0.0219. The van der Waals surface area contributed by atoms with Crippen molar-refractivity contribution in [3.8, 4) is 0 Å². The SMILES string of the molecule is O=C(Cn1ccc(C(F)(F)F)n1)Nc1nn(Cc2c(F)cccc2Cl)cc1Br. The van der Waals surface area contributed by atoms with Gasteiger partial charge in [0.1, 0.15) is 12.4 Å². The Morgan fingerprint density at radius 2 is 1.96 bits per heavy atom. The molecule has 2 heterocycles. The number of rotatable bonds is 5. The maximum Gasteiger partial charge on any atom is 0.435 e. The third kappa shape index (κ3) is 4.71. The van der Waals surface area contributed by atoms with Crippen molar-refractivity contribution in [2.24, 2.45) is 0 Å². The van der Waals surface area contributed by atoms with Crippen molar-refractivity contribution in [3.63, 3.8) is 0 Å². The van der Waals surface area contributed by atoms with Gasteiger partial charge in [-0.25, -0.2) is 4.39 Å². The van der Waals surface area contributed by atoms with E-state index in [-0.39, 0.29) is 22.9 Å². The molecule has 0 bridgehead atoms. The zero-order chi connectivity index (χ0) is 20.5. The van der Waals surface area contributed by atoms with E-state index in [1.165, 1.54) is 23.0 Å². The molecule has 1 aromatic carbocycles. The summed E-state index contributed by atoms with van der Waals surface area (Å²) in [5.41, 5.74) is -0.860. The van der Waals surface area contributed by atoms with Crippen molar-refractivity contribution in [2.45, 2.75) is 19.3 Å². The Kier molecular flexibility index (Phi) is 5.75. The van der Waals surface area contributed by atoms with Crippen LogP contribution in [0.1, 0.15) is 11.3 Å². The lowest BCUT2D eigenvalue weighted by molar-refractivity contribution is -0.141. The Hall–Kier alpha value is -2.40. The molecule has 3 aromatic rings. The molecule has 0 spiro atoms. The molecule has 0 atom stereocenters. The highest BCUT2D eigenvalue weighted by molar-refractivity contribution is 9.10. The molecule has 0 saturated heterocycles. The van der Waals surface area contributed by atoms with Crippen LogP contribution in [0.15, 0.2) is 41.1 Å². The van der Waals surface area contributed by atoms with Gasteiger partial charge in [0.15, 0.2) is 11.5 Å². The van der Waals surface area contributed by atoms with Gasteiger partial charge < -0.3 is 5.32 Å². The molecule has 0 saturated carbocycles. The molecule has 0 radical (unpaired) electrons. The van der Waals surface area contributed by atoms with Crippen molar-refractivity contribution < 1.29 is 22.4 Å². The lowest BCUT2D eigenvalue weighted by Crippen LogP contribution is -2.20. The third-order valence-electron chi connectivity index (χ3n) is 3.59. The minimum Gasteiger partial charge on any atom is -0.307 e. The number of nitrogens with one attached hydrogen (secondary N) is 1. The second-order valence-electron chi connectivity index (χ2n) is 5.67. The number of anilines is 1. The van der Waals surface area contributed by atoms with Crippen molar-refractivity contribution in [2.75, 3.05) is 5.32 Å². The fourth-order valence-corrected chi connectivity index (χ4v) is 2.97.